The second-order valence-corrected chi connectivity index (χ2v) is 18.5. The Hall–Kier alpha value is -8.40. The molecule has 0 fully saturated rings. The van der Waals surface area contributed by atoms with Gasteiger partial charge in [0.05, 0.1) is 5.52 Å². The number of fused-ring (bicyclic) bond motifs is 11. The number of hydrogen-bond acceptors (Lipinski definition) is 1. The molecule has 0 amide bonds. The molecule has 11 aromatic carbocycles. The molecule has 67 heavy (non-hydrogen) atoms. The van der Waals surface area contributed by atoms with Gasteiger partial charge in [0.2, 0.25) is 0 Å². The molecule has 0 atom stereocenters. The van der Waals surface area contributed by atoms with Crippen LogP contribution >= 0.6 is 0 Å². The summed E-state index contributed by atoms with van der Waals surface area (Å²) in [5.41, 5.74) is 20.4. The number of para-hydroxylation sites is 1. The highest BCUT2D eigenvalue weighted by atomic mass is 16.5. The van der Waals surface area contributed by atoms with Gasteiger partial charge in [-0.05, 0) is 154 Å². The molecule has 310 valence electrons. The van der Waals surface area contributed by atoms with Crippen molar-refractivity contribution < 1.29 is 4.74 Å². The van der Waals surface area contributed by atoms with E-state index in [1.807, 2.05) is 0 Å². The first-order valence-electron chi connectivity index (χ1n) is 23.6. The van der Waals surface area contributed by atoms with Gasteiger partial charge in [-0.3, -0.25) is 0 Å². The Bertz CT molecular complexity index is 4070. The first kappa shape index (κ1) is 36.9. The van der Waals surface area contributed by atoms with Crippen LogP contribution in [0.3, 0.4) is 0 Å². The van der Waals surface area contributed by atoms with Gasteiger partial charge in [0.1, 0.15) is 11.5 Å². The fourth-order valence-electron chi connectivity index (χ4n) is 12.5. The highest BCUT2D eigenvalue weighted by Gasteiger charge is 2.41. The Labute approximate surface area is 388 Å². The Kier molecular flexibility index (Phi) is 7.74. The van der Waals surface area contributed by atoms with E-state index < -0.39 is 0 Å². The van der Waals surface area contributed by atoms with E-state index in [4.69, 9.17) is 4.74 Å². The third-order valence-corrected chi connectivity index (χ3v) is 15.1. The maximum absolute atomic E-state index is 6.80. The lowest BCUT2D eigenvalue weighted by Crippen LogP contribution is -2.58. The molecule has 3 aliphatic rings. The number of ether oxygens (including phenoxy) is 1. The maximum Gasteiger partial charge on any atom is 0.256 e. The van der Waals surface area contributed by atoms with Gasteiger partial charge in [0.25, 0.3) is 6.71 Å². The van der Waals surface area contributed by atoms with Gasteiger partial charge in [0, 0.05) is 22.0 Å². The van der Waals surface area contributed by atoms with Crippen molar-refractivity contribution in [2.24, 2.45) is 0 Å². The van der Waals surface area contributed by atoms with Crippen molar-refractivity contribution in [3.8, 4) is 61.7 Å². The number of hydrogen-bond donors (Lipinski definition) is 0. The lowest BCUT2D eigenvalue weighted by molar-refractivity contribution is 0.487. The van der Waals surface area contributed by atoms with Gasteiger partial charge in [-0.25, -0.2) is 0 Å². The third-order valence-electron chi connectivity index (χ3n) is 15.1. The number of rotatable bonds is 4. The molecular weight excluding hydrogens is 810 g/mol. The predicted molar refractivity (Wildman–Crippen MR) is 284 cm³/mol. The van der Waals surface area contributed by atoms with Crippen LogP contribution in [0.1, 0.15) is 17.5 Å². The van der Waals surface area contributed by atoms with E-state index in [2.05, 4.69) is 223 Å². The van der Waals surface area contributed by atoms with Crippen LogP contribution in [-0.4, -0.2) is 11.3 Å². The molecule has 15 rings (SSSR count). The van der Waals surface area contributed by atoms with Crippen molar-refractivity contribution in [3.63, 3.8) is 0 Å². The molecule has 1 aliphatic carbocycles. The van der Waals surface area contributed by atoms with Crippen molar-refractivity contribution in [1.29, 1.82) is 0 Å². The van der Waals surface area contributed by atoms with Crippen LogP contribution in [-0.2, 0) is 6.42 Å². The zero-order valence-corrected chi connectivity index (χ0v) is 36.6. The van der Waals surface area contributed by atoms with Crippen LogP contribution in [0.25, 0.3) is 110 Å². The minimum absolute atomic E-state index is 0.00992. The van der Waals surface area contributed by atoms with E-state index in [1.165, 1.54) is 132 Å². The molecule has 0 radical (unpaired) electrons. The number of aromatic nitrogens is 1. The largest absolute Gasteiger partial charge is 0.458 e. The Morgan fingerprint density at radius 2 is 0.970 bits per heavy atom. The van der Waals surface area contributed by atoms with E-state index in [0.29, 0.717) is 0 Å². The van der Waals surface area contributed by atoms with Gasteiger partial charge >= 0.3 is 0 Å². The van der Waals surface area contributed by atoms with Gasteiger partial charge in [-0.15, -0.1) is 0 Å². The lowest BCUT2D eigenvalue weighted by atomic mass is 9.34. The van der Waals surface area contributed by atoms with Crippen molar-refractivity contribution in [2.45, 2.75) is 12.8 Å². The average Bonchev–Trinajstić information content (AvgIpc) is 3.72. The first-order valence-corrected chi connectivity index (χ1v) is 23.6. The summed E-state index contributed by atoms with van der Waals surface area (Å²) in [6.07, 6.45) is 6.77. The second kappa shape index (κ2) is 14.1. The van der Waals surface area contributed by atoms with E-state index in [-0.39, 0.29) is 6.71 Å². The molecule has 12 aromatic rings. The molecule has 0 spiro atoms. The monoisotopic (exact) mass is 849 g/mol. The van der Waals surface area contributed by atoms with Crippen molar-refractivity contribution >= 4 is 83.3 Å². The van der Waals surface area contributed by atoms with Crippen LogP contribution in [0.15, 0.2) is 212 Å². The smallest absolute Gasteiger partial charge is 0.256 e. The summed E-state index contributed by atoms with van der Waals surface area (Å²) in [5.74, 6) is 1.85. The molecule has 0 unspecified atom stereocenters. The molecule has 2 aliphatic heterocycles. The maximum atomic E-state index is 6.80. The first-order chi connectivity index (χ1) is 33.3. The normalized spacial score (nSPS) is 13.3. The molecule has 1 aromatic heterocycles. The average molecular weight is 850 g/mol. The molecule has 3 heteroatoms. The summed E-state index contributed by atoms with van der Waals surface area (Å²) in [7, 11) is 0. The number of benzene rings is 11. The summed E-state index contributed by atoms with van der Waals surface area (Å²) < 4.78 is 9.35. The van der Waals surface area contributed by atoms with Crippen molar-refractivity contribution in [3.05, 3.63) is 223 Å². The standard InChI is InChI=1S/C64H40BNO/c1-3-18-39(19-4-1)59-43-22-7-11-26-47(43)61(48-27-12-8-23-44(48)59)41-34-35-55-51(36-41)52-37-42(38-54-64(52)66(55)56-31-17-33-58-63(56)65(54)53-30-15-16-32-57(53)67-58)62-49-28-13-9-24-45(49)60(40-20-5-2-6-21-40)46-25-10-14-29-50(46)62/h1-11,13-26,28-38H,12,27H2. The molecular formula is C64H40BNO. The second-order valence-electron chi connectivity index (χ2n) is 18.5. The van der Waals surface area contributed by atoms with Gasteiger partial charge in [-0.2, -0.15) is 0 Å². The van der Waals surface area contributed by atoms with E-state index in [1.54, 1.807) is 0 Å². The molecule has 0 saturated heterocycles. The molecule has 0 N–H and O–H groups in total. The topological polar surface area (TPSA) is 14.2 Å². The van der Waals surface area contributed by atoms with Crippen LogP contribution in [0.4, 0.5) is 0 Å². The van der Waals surface area contributed by atoms with Crippen LogP contribution < -0.4 is 21.1 Å². The zero-order chi connectivity index (χ0) is 43.7. The van der Waals surface area contributed by atoms with E-state index in [9.17, 15) is 0 Å². The number of nitrogens with zero attached hydrogens (tertiary/aromatic N) is 1. The van der Waals surface area contributed by atoms with Crippen molar-refractivity contribution in [1.82, 2.24) is 4.57 Å². The number of allylic oxidation sites excluding steroid dienone is 1. The summed E-state index contributed by atoms with van der Waals surface area (Å²) in [6.45, 7) is -0.00992. The van der Waals surface area contributed by atoms with E-state index >= 15 is 0 Å². The minimum Gasteiger partial charge on any atom is -0.458 e. The van der Waals surface area contributed by atoms with Crippen LogP contribution in [0.5, 0.6) is 11.5 Å². The van der Waals surface area contributed by atoms with Crippen molar-refractivity contribution in [2.75, 3.05) is 0 Å². The molecule has 0 bridgehead atoms. The van der Waals surface area contributed by atoms with Gasteiger partial charge in [-0.1, -0.05) is 182 Å². The predicted octanol–water partition coefficient (Wildman–Crippen LogP) is 14.8. The third kappa shape index (κ3) is 5.17. The Morgan fingerprint density at radius 1 is 0.403 bits per heavy atom. The summed E-state index contributed by atoms with van der Waals surface area (Å²) >= 11 is 0. The molecule has 0 saturated carbocycles. The summed E-state index contributed by atoms with van der Waals surface area (Å²) in [6, 6.07) is 76.7. The Morgan fingerprint density at radius 3 is 1.67 bits per heavy atom. The quantitative estimate of drug-likeness (QED) is 0.127. The van der Waals surface area contributed by atoms with Crippen LogP contribution in [0.2, 0.25) is 0 Å². The fraction of sp³-hybridized carbons (Fsp3) is 0.0312. The lowest BCUT2D eigenvalue weighted by Gasteiger charge is -2.33. The molecule has 3 heterocycles. The van der Waals surface area contributed by atoms with Crippen LogP contribution in [0, 0.1) is 0 Å². The zero-order valence-electron chi connectivity index (χ0n) is 36.6. The minimum atomic E-state index is -0.00992. The highest BCUT2D eigenvalue weighted by molar-refractivity contribution is 6.99. The SMILES string of the molecule is C1=Cc2c(c(-c3ccc4c(c3)c3cc(-c5c6ccccc6c(-c6ccccc6)c6ccccc56)cc5c3n4-c3cccc4c3B5c3ccccc3O4)c3ccccc3c2-c2ccccc2)CC1. The summed E-state index contributed by atoms with van der Waals surface area (Å²) in [5, 5.41) is 10.1. The molecule has 2 nitrogen and oxygen atoms in total. The Balaban J connectivity index is 1.08. The van der Waals surface area contributed by atoms with Gasteiger partial charge in [0.15, 0.2) is 0 Å². The highest BCUT2D eigenvalue weighted by Crippen LogP contribution is 2.49. The summed E-state index contributed by atoms with van der Waals surface area (Å²) in [4.78, 5) is 0. The van der Waals surface area contributed by atoms with Gasteiger partial charge < -0.3 is 9.30 Å². The van der Waals surface area contributed by atoms with E-state index in [0.717, 1.165) is 24.3 Å². The fourth-order valence-corrected chi connectivity index (χ4v) is 12.5.